The van der Waals surface area contributed by atoms with Crippen LogP contribution in [0.25, 0.3) is 0 Å². The number of hydrogen-bond donors (Lipinski definition) is 1. The van der Waals surface area contributed by atoms with Gasteiger partial charge in [-0.25, -0.2) is 19.7 Å². The molecule has 0 aliphatic carbocycles. The lowest BCUT2D eigenvalue weighted by molar-refractivity contribution is -0.614. The van der Waals surface area contributed by atoms with Crippen molar-refractivity contribution < 1.29 is 50.1 Å². The first-order valence-electron chi connectivity index (χ1n) is 15.9. The van der Waals surface area contributed by atoms with Gasteiger partial charge in [0.2, 0.25) is 11.8 Å². The molecule has 5 rings (SSSR count). The zero-order valence-electron chi connectivity index (χ0n) is 27.7. The summed E-state index contributed by atoms with van der Waals surface area (Å²) in [7, 11) is 1.43. The second kappa shape index (κ2) is 15.3. The standard InChI is InChI=1S/C34H34F6N6O5/c1-4-23-18-26(30-27(9-10-29(44-30)49-3)46(23)32(47)50-5-2)43-31-41-19-28(51-13-11-24-8-6-7-12-45(24)48)25(42-31)16-20-14-21(33(35,36)37)17-22(15-20)34(38,39)40/h6-10,12,14-15,17,19,23,26H,4-5,11,13,16,18H2,1-3H3,(H,41,42,43)/t23-,26+/m1/s1. The van der Waals surface area contributed by atoms with Crippen LogP contribution in [0.5, 0.6) is 11.6 Å². The molecule has 1 aromatic carbocycles. The van der Waals surface area contributed by atoms with Crippen molar-refractivity contribution in [2.45, 2.75) is 64.0 Å². The Morgan fingerprint density at radius 3 is 2.39 bits per heavy atom. The number of rotatable bonds is 11. The van der Waals surface area contributed by atoms with E-state index in [1.807, 2.05) is 6.92 Å². The highest BCUT2D eigenvalue weighted by molar-refractivity contribution is 5.90. The van der Waals surface area contributed by atoms with Crippen LogP contribution in [0.15, 0.2) is 60.9 Å². The van der Waals surface area contributed by atoms with E-state index < -0.39 is 42.0 Å². The lowest BCUT2D eigenvalue weighted by Gasteiger charge is -2.39. The van der Waals surface area contributed by atoms with Crippen molar-refractivity contribution in [3.8, 4) is 11.6 Å². The molecule has 1 aliphatic heterocycles. The molecule has 1 aliphatic rings. The van der Waals surface area contributed by atoms with Gasteiger partial charge >= 0.3 is 18.4 Å². The van der Waals surface area contributed by atoms with Gasteiger partial charge in [0.1, 0.15) is 0 Å². The molecule has 272 valence electrons. The Hall–Kier alpha value is -5.35. The number of methoxy groups -OCH3 is 1. The van der Waals surface area contributed by atoms with Gasteiger partial charge in [0, 0.05) is 30.7 Å². The predicted molar refractivity (Wildman–Crippen MR) is 171 cm³/mol. The summed E-state index contributed by atoms with van der Waals surface area (Å²) in [4.78, 5) is 27.9. The fourth-order valence-electron chi connectivity index (χ4n) is 5.74. The third-order valence-electron chi connectivity index (χ3n) is 8.16. The Balaban J connectivity index is 1.53. The van der Waals surface area contributed by atoms with E-state index >= 15 is 0 Å². The Bertz CT molecular complexity index is 1830. The van der Waals surface area contributed by atoms with Gasteiger partial charge in [-0.1, -0.05) is 13.0 Å². The summed E-state index contributed by atoms with van der Waals surface area (Å²) in [6.07, 6.45) is -7.62. The largest absolute Gasteiger partial charge is 0.619 e. The number of nitrogens with zero attached hydrogens (tertiary/aromatic N) is 5. The van der Waals surface area contributed by atoms with Crippen molar-refractivity contribution in [2.24, 2.45) is 0 Å². The smallest absolute Gasteiger partial charge is 0.416 e. The maximum absolute atomic E-state index is 13.7. The van der Waals surface area contributed by atoms with E-state index in [0.29, 0.717) is 46.8 Å². The average molecular weight is 721 g/mol. The van der Waals surface area contributed by atoms with E-state index in [0.717, 1.165) is 0 Å². The van der Waals surface area contributed by atoms with Gasteiger partial charge in [-0.2, -0.15) is 31.1 Å². The molecule has 0 fully saturated rings. The van der Waals surface area contributed by atoms with Crippen LogP contribution >= 0.6 is 0 Å². The Kier molecular flexibility index (Phi) is 11.1. The van der Waals surface area contributed by atoms with E-state index in [2.05, 4.69) is 20.3 Å². The molecule has 2 atom stereocenters. The number of carbonyl (C=O) groups is 1. The summed E-state index contributed by atoms with van der Waals surface area (Å²) in [5.41, 5.74) is -2.06. The van der Waals surface area contributed by atoms with Gasteiger partial charge in [0.15, 0.2) is 17.6 Å². The number of benzene rings is 1. The fourth-order valence-corrected chi connectivity index (χ4v) is 5.74. The van der Waals surface area contributed by atoms with Crippen molar-refractivity contribution in [2.75, 3.05) is 30.5 Å². The molecule has 17 heteroatoms. The summed E-state index contributed by atoms with van der Waals surface area (Å²) in [6, 6.07) is 8.40. The molecular formula is C34H34F6N6O5. The monoisotopic (exact) mass is 720 g/mol. The average Bonchev–Trinajstić information content (AvgIpc) is 3.08. The number of ether oxygens (including phenoxy) is 3. The van der Waals surface area contributed by atoms with Crippen molar-refractivity contribution in [1.82, 2.24) is 15.0 Å². The van der Waals surface area contributed by atoms with Crippen molar-refractivity contribution in [3.05, 3.63) is 99.9 Å². The number of alkyl halides is 6. The topological polar surface area (TPSA) is 126 Å². The highest BCUT2D eigenvalue weighted by Crippen LogP contribution is 2.41. The molecule has 4 heterocycles. The van der Waals surface area contributed by atoms with E-state index in [9.17, 15) is 36.3 Å². The normalized spacial score (nSPS) is 16.0. The highest BCUT2D eigenvalue weighted by Gasteiger charge is 2.39. The minimum Gasteiger partial charge on any atom is -0.619 e. The second-order valence-corrected chi connectivity index (χ2v) is 11.5. The zero-order chi connectivity index (χ0) is 36.9. The Labute approximate surface area is 288 Å². The Morgan fingerprint density at radius 1 is 1.04 bits per heavy atom. The van der Waals surface area contributed by atoms with Gasteiger partial charge < -0.3 is 24.7 Å². The van der Waals surface area contributed by atoms with Gasteiger partial charge in [-0.05, 0) is 49.6 Å². The zero-order valence-corrected chi connectivity index (χ0v) is 27.7. The lowest BCUT2D eigenvalue weighted by Crippen LogP contribution is -2.46. The molecule has 4 aromatic rings. The van der Waals surface area contributed by atoms with Crippen LogP contribution in [0, 0.1) is 5.21 Å². The minimum atomic E-state index is -5.05. The van der Waals surface area contributed by atoms with Gasteiger partial charge in [-0.15, -0.1) is 0 Å². The number of anilines is 2. The van der Waals surface area contributed by atoms with Crippen molar-refractivity contribution in [1.29, 1.82) is 0 Å². The van der Waals surface area contributed by atoms with Crippen LogP contribution in [-0.2, 0) is 29.9 Å². The van der Waals surface area contributed by atoms with Gasteiger partial charge in [-0.3, -0.25) is 4.90 Å². The van der Waals surface area contributed by atoms with E-state index in [1.54, 1.807) is 37.3 Å². The molecule has 0 bridgehead atoms. The first-order valence-corrected chi connectivity index (χ1v) is 15.9. The molecule has 1 N–H and O–H groups in total. The Morgan fingerprint density at radius 2 is 1.76 bits per heavy atom. The van der Waals surface area contributed by atoms with Crippen molar-refractivity contribution in [3.63, 3.8) is 0 Å². The van der Waals surface area contributed by atoms with E-state index in [4.69, 9.17) is 14.2 Å². The van der Waals surface area contributed by atoms with Crippen LogP contribution in [0.1, 0.15) is 66.5 Å². The number of aromatic nitrogens is 4. The van der Waals surface area contributed by atoms with Crippen LogP contribution < -0.4 is 24.4 Å². The summed E-state index contributed by atoms with van der Waals surface area (Å²) in [6.45, 7) is 3.65. The molecule has 0 saturated carbocycles. The molecule has 0 spiro atoms. The number of nitrogens with one attached hydrogen (secondary N) is 1. The lowest BCUT2D eigenvalue weighted by atomic mass is 9.93. The molecular weight excluding hydrogens is 686 g/mol. The summed E-state index contributed by atoms with van der Waals surface area (Å²) in [5, 5.41) is 15.3. The number of amides is 1. The van der Waals surface area contributed by atoms with Crippen molar-refractivity contribution >= 4 is 17.7 Å². The highest BCUT2D eigenvalue weighted by atomic mass is 19.4. The molecule has 1 amide bonds. The maximum Gasteiger partial charge on any atom is 0.416 e. The number of pyridine rings is 2. The summed E-state index contributed by atoms with van der Waals surface area (Å²) < 4.78 is 99.3. The first-order chi connectivity index (χ1) is 24.2. The second-order valence-electron chi connectivity index (χ2n) is 11.5. The minimum absolute atomic E-state index is 0.0105. The quantitative estimate of drug-likeness (QED) is 0.0985. The van der Waals surface area contributed by atoms with Gasteiger partial charge in [0.05, 0.1) is 67.2 Å². The van der Waals surface area contributed by atoms with E-state index in [-0.39, 0.29) is 60.6 Å². The number of hydrogen-bond acceptors (Lipinski definition) is 9. The third-order valence-corrected chi connectivity index (χ3v) is 8.16. The SMILES string of the molecule is CCOC(=O)N1c2ccc(OC)nc2[C@@H](Nc2ncc(OCCc3cccc[n+]3[O-])c(Cc3cc(C(F)(F)F)cc(C(F)(F)F)c3)n2)C[C@H]1CC. The number of carbonyl (C=O) groups excluding carboxylic acids is 1. The van der Waals surface area contributed by atoms with Crippen LogP contribution in [-0.4, -0.2) is 47.4 Å². The number of fused-ring (bicyclic) bond motifs is 1. The number of halogens is 6. The predicted octanol–water partition coefficient (Wildman–Crippen LogP) is 7.06. The fraction of sp³-hybridized carbons (Fsp3) is 0.382. The van der Waals surface area contributed by atoms with Crippen LogP contribution in [0.3, 0.4) is 0 Å². The molecule has 51 heavy (non-hydrogen) atoms. The van der Waals surface area contributed by atoms with Gasteiger partial charge in [0.25, 0.3) is 0 Å². The first kappa shape index (κ1) is 36.9. The third kappa shape index (κ3) is 8.69. The van der Waals surface area contributed by atoms with Crippen LogP contribution in [0.4, 0.5) is 42.8 Å². The molecule has 0 saturated heterocycles. The molecule has 0 radical (unpaired) electrons. The molecule has 3 aromatic heterocycles. The van der Waals surface area contributed by atoms with E-state index in [1.165, 1.54) is 24.4 Å². The summed E-state index contributed by atoms with van der Waals surface area (Å²) >= 11 is 0. The maximum atomic E-state index is 13.7. The molecule has 11 nitrogen and oxygen atoms in total. The summed E-state index contributed by atoms with van der Waals surface area (Å²) in [5.74, 6) is 0.219. The van der Waals surface area contributed by atoms with Crippen LogP contribution in [0.2, 0.25) is 0 Å². The molecule has 0 unspecified atom stereocenters.